The lowest BCUT2D eigenvalue weighted by Gasteiger charge is -2.04. The van der Waals surface area contributed by atoms with Crippen LogP contribution in [0.25, 0.3) is 10.9 Å². The van der Waals surface area contributed by atoms with Crippen molar-refractivity contribution in [3.8, 4) is 5.75 Å². The number of aryl methyl sites for hydroxylation is 1. The Bertz CT molecular complexity index is 519. The standard InChI is InChI=1S/C12H15ClN2O/c1-7-8(3-4-14)9-5-12(16-2)10(13)6-11(9)15-7/h5-6,15H,3-4,14H2,1-2H3. The summed E-state index contributed by atoms with van der Waals surface area (Å²) >= 11 is 6.07. The minimum absolute atomic E-state index is 0.621. The molecule has 0 aliphatic carbocycles. The number of benzene rings is 1. The van der Waals surface area contributed by atoms with Gasteiger partial charge in [0, 0.05) is 16.6 Å². The summed E-state index contributed by atoms with van der Waals surface area (Å²) in [7, 11) is 1.62. The Morgan fingerprint density at radius 1 is 1.44 bits per heavy atom. The molecule has 2 rings (SSSR count). The van der Waals surface area contributed by atoms with Gasteiger partial charge in [-0.1, -0.05) is 11.6 Å². The van der Waals surface area contributed by atoms with Crippen LogP contribution in [-0.4, -0.2) is 18.6 Å². The van der Waals surface area contributed by atoms with E-state index in [0.717, 1.165) is 23.0 Å². The lowest BCUT2D eigenvalue weighted by Crippen LogP contribution is -2.03. The minimum atomic E-state index is 0.621. The van der Waals surface area contributed by atoms with Crippen molar-refractivity contribution in [3.05, 3.63) is 28.4 Å². The van der Waals surface area contributed by atoms with E-state index >= 15 is 0 Å². The quantitative estimate of drug-likeness (QED) is 0.864. The molecule has 0 aliphatic heterocycles. The molecule has 86 valence electrons. The normalized spacial score (nSPS) is 11.0. The number of nitrogens with one attached hydrogen (secondary N) is 1. The third-order valence-corrected chi connectivity index (χ3v) is 3.08. The summed E-state index contributed by atoms with van der Waals surface area (Å²) in [5.41, 5.74) is 9.03. The molecule has 4 heteroatoms. The smallest absolute Gasteiger partial charge is 0.138 e. The number of fused-ring (bicyclic) bond motifs is 1. The van der Waals surface area contributed by atoms with Gasteiger partial charge in [0.15, 0.2) is 0 Å². The molecule has 3 N–H and O–H groups in total. The van der Waals surface area contributed by atoms with Crippen molar-refractivity contribution in [1.82, 2.24) is 4.98 Å². The highest BCUT2D eigenvalue weighted by atomic mass is 35.5. The summed E-state index contributed by atoms with van der Waals surface area (Å²) in [6.45, 7) is 2.68. The molecule has 0 saturated heterocycles. The van der Waals surface area contributed by atoms with Crippen LogP contribution in [0.4, 0.5) is 0 Å². The highest BCUT2D eigenvalue weighted by Gasteiger charge is 2.11. The van der Waals surface area contributed by atoms with Crippen LogP contribution in [0.1, 0.15) is 11.3 Å². The second-order valence-electron chi connectivity index (χ2n) is 3.80. The van der Waals surface area contributed by atoms with Gasteiger partial charge in [0.2, 0.25) is 0 Å². The van der Waals surface area contributed by atoms with Crippen molar-refractivity contribution in [2.24, 2.45) is 5.73 Å². The van der Waals surface area contributed by atoms with E-state index in [0.29, 0.717) is 17.3 Å². The minimum Gasteiger partial charge on any atom is -0.495 e. The Labute approximate surface area is 99.5 Å². The zero-order valence-electron chi connectivity index (χ0n) is 9.43. The lowest BCUT2D eigenvalue weighted by molar-refractivity contribution is 0.415. The van der Waals surface area contributed by atoms with Gasteiger partial charge < -0.3 is 15.5 Å². The van der Waals surface area contributed by atoms with Gasteiger partial charge in [0.1, 0.15) is 5.75 Å². The molecular formula is C12H15ClN2O. The molecule has 0 bridgehead atoms. The Morgan fingerprint density at radius 2 is 2.19 bits per heavy atom. The van der Waals surface area contributed by atoms with Crippen molar-refractivity contribution in [3.63, 3.8) is 0 Å². The predicted molar refractivity (Wildman–Crippen MR) is 67.4 cm³/mol. The summed E-state index contributed by atoms with van der Waals surface area (Å²) in [4.78, 5) is 3.31. The van der Waals surface area contributed by atoms with Crippen LogP contribution in [0.2, 0.25) is 5.02 Å². The van der Waals surface area contributed by atoms with Gasteiger partial charge in [0.05, 0.1) is 12.1 Å². The third-order valence-electron chi connectivity index (χ3n) is 2.79. The first-order chi connectivity index (χ1) is 7.67. The van der Waals surface area contributed by atoms with Crippen LogP contribution >= 0.6 is 11.6 Å². The van der Waals surface area contributed by atoms with Gasteiger partial charge in [-0.15, -0.1) is 0 Å². The number of ether oxygens (including phenoxy) is 1. The number of nitrogens with two attached hydrogens (primary N) is 1. The molecule has 1 aromatic heterocycles. The molecule has 16 heavy (non-hydrogen) atoms. The maximum absolute atomic E-state index is 6.07. The fourth-order valence-corrected chi connectivity index (χ4v) is 2.25. The van der Waals surface area contributed by atoms with E-state index in [4.69, 9.17) is 22.1 Å². The van der Waals surface area contributed by atoms with Crippen molar-refractivity contribution < 1.29 is 4.74 Å². The van der Waals surface area contributed by atoms with Gasteiger partial charge in [0.25, 0.3) is 0 Å². The van der Waals surface area contributed by atoms with Gasteiger partial charge in [-0.05, 0) is 37.6 Å². The largest absolute Gasteiger partial charge is 0.495 e. The SMILES string of the molecule is COc1cc2c(CCN)c(C)[nH]c2cc1Cl. The van der Waals surface area contributed by atoms with E-state index in [1.54, 1.807) is 7.11 Å². The maximum Gasteiger partial charge on any atom is 0.138 e. The molecule has 0 radical (unpaired) electrons. The summed E-state index contributed by atoms with van der Waals surface area (Å²) in [5.74, 6) is 0.700. The highest BCUT2D eigenvalue weighted by molar-refractivity contribution is 6.32. The van der Waals surface area contributed by atoms with Crippen molar-refractivity contribution in [1.29, 1.82) is 0 Å². The second kappa shape index (κ2) is 4.36. The number of rotatable bonds is 3. The number of H-pyrrole nitrogens is 1. The first-order valence-electron chi connectivity index (χ1n) is 5.22. The Hall–Kier alpha value is -1.19. The van der Waals surface area contributed by atoms with Crippen molar-refractivity contribution in [2.45, 2.75) is 13.3 Å². The van der Waals surface area contributed by atoms with Crippen molar-refractivity contribution in [2.75, 3.05) is 13.7 Å². The first kappa shape index (κ1) is 11.3. The van der Waals surface area contributed by atoms with Gasteiger partial charge in [-0.2, -0.15) is 0 Å². The summed E-state index contributed by atoms with van der Waals surface area (Å²) in [6.07, 6.45) is 0.858. The van der Waals surface area contributed by atoms with Gasteiger partial charge >= 0.3 is 0 Å². The lowest BCUT2D eigenvalue weighted by atomic mass is 10.1. The van der Waals surface area contributed by atoms with E-state index in [1.807, 2.05) is 19.1 Å². The molecule has 0 fully saturated rings. The third kappa shape index (κ3) is 1.77. The molecule has 0 atom stereocenters. The van der Waals surface area contributed by atoms with Gasteiger partial charge in [-0.25, -0.2) is 0 Å². The van der Waals surface area contributed by atoms with E-state index in [1.165, 1.54) is 5.56 Å². The maximum atomic E-state index is 6.07. The Kier molecular flexibility index (Phi) is 3.08. The summed E-state index contributed by atoms with van der Waals surface area (Å²) in [6, 6.07) is 3.86. The highest BCUT2D eigenvalue weighted by Crippen LogP contribution is 2.32. The molecule has 3 nitrogen and oxygen atoms in total. The fraction of sp³-hybridized carbons (Fsp3) is 0.333. The fourth-order valence-electron chi connectivity index (χ4n) is 2.01. The molecule has 0 amide bonds. The van der Waals surface area contributed by atoms with Crippen LogP contribution in [0.15, 0.2) is 12.1 Å². The van der Waals surface area contributed by atoms with Crippen LogP contribution < -0.4 is 10.5 Å². The number of hydrogen-bond donors (Lipinski definition) is 2. The van der Waals surface area contributed by atoms with E-state index in [9.17, 15) is 0 Å². The predicted octanol–water partition coefficient (Wildman–Crippen LogP) is 2.64. The van der Waals surface area contributed by atoms with Crippen molar-refractivity contribution >= 4 is 22.5 Å². The average molecular weight is 239 g/mol. The average Bonchev–Trinajstić information content (AvgIpc) is 2.54. The van der Waals surface area contributed by atoms with E-state index in [2.05, 4.69) is 4.98 Å². The van der Waals surface area contributed by atoms with Gasteiger partial charge in [-0.3, -0.25) is 0 Å². The molecule has 0 spiro atoms. The topological polar surface area (TPSA) is 51.0 Å². The number of hydrogen-bond acceptors (Lipinski definition) is 2. The molecule has 0 unspecified atom stereocenters. The summed E-state index contributed by atoms with van der Waals surface area (Å²) < 4.78 is 5.22. The molecule has 0 saturated carbocycles. The molecule has 2 aromatic rings. The van der Waals surface area contributed by atoms with E-state index < -0.39 is 0 Å². The number of aromatic amines is 1. The summed E-state index contributed by atoms with van der Waals surface area (Å²) in [5, 5.41) is 1.76. The zero-order valence-corrected chi connectivity index (χ0v) is 10.2. The van der Waals surface area contributed by atoms with E-state index in [-0.39, 0.29) is 0 Å². The van der Waals surface area contributed by atoms with Crippen LogP contribution in [0.5, 0.6) is 5.75 Å². The molecule has 0 aliphatic rings. The second-order valence-corrected chi connectivity index (χ2v) is 4.21. The number of methoxy groups -OCH3 is 1. The van der Waals surface area contributed by atoms with Crippen LogP contribution in [0, 0.1) is 6.92 Å². The molecular weight excluding hydrogens is 224 g/mol. The molecule has 1 aromatic carbocycles. The monoisotopic (exact) mass is 238 g/mol. The zero-order chi connectivity index (χ0) is 11.7. The molecule has 1 heterocycles. The Morgan fingerprint density at radius 3 is 2.81 bits per heavy atom. The van der Waals surface area contributed by atoms with Crippen LogP contribution in [0.3, 0.4) is 0 Å². The Balaban J connectivity index is 2.67. The number of aromatic nitrogens is 1. The van der Waals surface area contributed by atoms with Crippen LogP contribution in [-0.2, 0) is 6.42 Å². The first-order valence-corrected chi connectivity index (χ1v) is 5.60. The number of halogens is 1.